The summed E-state index contributed by atoms with van der Waals surface area (Å²) < 4.78 is 6.44. The second kappa shape index (κ2) is 5.98. The van der Waals surface area contributed by atoms with Gasteiger partial charge in [0, 0.05) is 31.1 Å². The summed E-state index contributed by atoms with van der Waals surface area (Å²) in [4.78, 5) is 24.1. The molecule has 23 heavy (non-hydrogen) atoms. The highest BCUT2D eigenvalue weighted by atomic mass is 16.5. The van der Waals surface area contributed by atoms with E-state index in [4.69, 9.17) is 4.52 Å². The molecule has 3 rings (SSSR count). The van der Waals surface area contributed by atoms with Crippen LogP contribution in [-0.4, -0.2) is 20.8 Å². The van der Waals surface area contributed by atoms with E-state index >= 15 is 0 Å². The maximum absolute atomic E-state index is 12.4. The number of nitrogens with zero attached hydrogens (tertiary/aromatic N) is 3. The lowest BCUT2D eigenvalue weighted by molar-refractivity contribution is -0.125. The molecule has 0 radical (unpaired) electrons. The number of fused-ring (bicyclic) bond motifs is 1. The van der Waals surface area contributed by atoms with Gasteiger partial charge in [0.05, 0.1) is 11.4 Å². The molecule has 0 aromatic carbocycles. The van der Waals surface area contributed by atoms with E-state index in [-0.39, 0.29) is 17.4 Å². The molecule has 2 aromatic heterocycles. The molecule has 1 amide bonds. The molecule has 1 aliphatic carbocycles. The Morgan fingerprint density at radius 1 is 1.48 bits per heavy atom. The zero-order valence-corrected chi connectivity index (χ0v) is 13.5. The highest BCUT2D eigenvalue weighted by molar-refractivity contribution is 5.79. The second-order valence-electron chi connectivity index (χ2n) is 6.04. The van der Waals surface area contributed by atoms with Crippen molar-refractivity contribution in [2.24, 2.45) is 13.0 Å². The largest absolute Gasteiger partial charge is 0.361 e. The van der Waals surface area contributed by atoms with E-state index < -0.39 is 0 Å². The first-order chi connectivity index (χ1) is 11.0. The van der Waals surface area contributed by atoms with Crippen molar-refractivity contribution in [3.05, 3.63) is 44.7 Å². The lowest BCUT2D eigenvalue weighted by atomic mass is 9.86. The van der Waals surface area contributed by atoms with Gasteiger partial charge in [-0.15, -0.1) is 0 Å². The average molecular weight is 316 g/mol. The minimum atomic E-state index is -0.138. The normalized spacial score (nSPS) is 16.9. The van der Waals surface area contributed by atoms with Gasteiger partial charge in [0.2, 0.25) is 5.91 Å². The Bertz CT molecular complexity index is 787. The summed E-state index contributed by atoms with van der Waals surface area (Å²) >= 11 is 0. The fraction of sp³-hybridized carbons (Fsp3) is 0.500. The molecule has 1 N–H and O–H groups in total. The number of aryl methyl sites for hydroxylation is 4. The van der Waals surface area contributed by atoms with Crippen LogP contribution in [0.3, 0.4) is 0 Å². The molecule has 0 aliphatic heterocycles. The van der Waals surface area contributed by atoms with Crippen LogP contribution in [0.2, 0.25) is 0 Å². The van der Waals surface area contributed by atoms with Gasteiger partial charge in [0.1, 0.15) is 5.76 Å². The van der Waals surface area contributed by atoms with Crippen LogP contribution in [-0.2, 0) is 31.2 Å². The third kappa shape index (κ3) is 3.04. The van der Waals surface area contributed by atoms with Crippen molar-refractivity contribution >= 4 is 5.91 Å². The van der Waals surface area contributed by atoms with Crippen molar-refractivity contribution < 1.29 is 9.32 Å². The van der Waals surface area contributed by atoms with Crippen molar-refractivity contribution in [3.8, 4) is 0 Å². The maximum atomic E-state index is 12.4. The first kappa shape index (κ1) is 15.5. The van der Waals surface area contributed by atoms with Gasteiger partial charge in [-0.1, -0.05) is 5.16 Å². The van der Waals surface area contributed by atoms with Crippen LogP contribution in [0.4, 0.5) is 0 Å². The number of carbonyl (C=O) groups is 1. The van der Waals surface area contributed by atoms with E-state index in [1.54, 1.807) is 13.1 Å². The van der Waals surface area contributed by atoms with Gasteiger partial charge in [0.25, 0.3) is 5.56 Å². The summed E-state index contributed by atoms with van der Waals surface area (Å²) in [7, 11) is 1.64. The van der Waals surface area contributed by atoms with Crippen LogP contribution in [0, 0.1) is 19.8 Å². The molecule has 0 bridgehead atoms. The number of hydrogen-bond acceptors (Lipinski definition) is 5. The Labute approximate surface area is 133 Å². The third-order valence-corrected chi connectivity index (χ3v) is 4.45. The standard InChI is InChI=1S/C16H20N4O3/c1-9-13(10(2)23-19-9)8-17-16(22)11-4-5-14-12(6-11)7-15(21)20(3)18-14/h7,11H,4-6,8H2,1-3H3,(H,17,22). The predicted octanol–water partition coefficient (Wildman–Crippen LogP) is 0.806. The lowest BCUT2D eigenvalue weighted by Crippen LogP contribution is -2.35. The molecular weight excluding hydrogens is 296 g/mol. The van der Waals surface area contributed by atoms with Crippen LogP contribution in [0.25, 0.3) is 0 Å². The third-order valence-electron chi connectivity index (χ3n) is 4.45. The Morgan fingerprint density at radius 3 is 2.96 bits per heavy atom. The summed E-state index contributed by atoms with van der Waals surface area (Å²) in [5.74, 6) is 0.595. The summed E-state index contributed by atoms with van der Waals surface area (Å²) in [6.45, 7) is 4.11. The first-order valence-corrected chi connectivity index (χ1v) is 7.71. The first-order valence-electron chi connectivity index (χ1n) is 7.71. The number of aromatic nitrogens is 3. The quantitative estimate of drug-likeness (QED) is 0.905. The topological polar surface area (TPSA) is 90.0 Å². The van der Waals surface area contributed by atoms with Gasteiger partial charge in [-0.3, -0.25) is 9.59 Å². The fourth-order valence-electron chi connectivity index (χ4n) is 2.98. The van der Waals surface area contributed by atoms with Crippen molar-refractivity contribution in [2.75, 3.05) is 0 Å². The number of amides is 1. The molecule has 7 nitrogen and oxygen atoms in total. The highest BCUT2D eigenvalue weighted by Crippen LogP contribution is 2.23. The molecule has 0 saturated carbocycles. The van der Waals surface area contributed by atoms with Crippen molar-refractivity contribution in [3.63, 3.8) is 0 Å². The van der Waals surface area contributed by atoms with Gasteiger partial charge in [0.15, 0.2) is 0 Å². The number of carbonyl (C=O) groups excluding carboxylic acids is 1. The van der Waals surface area contributed by atoms with Crippen LogP contribution >= 0.6 is 0 Å². The molecule has 0 saturated heterocycles. The Balaban J connectivity index is 1.67. The predicted molar refractivity (Wildman–Crippen MR) is 82.8 cm³/mol. The SMILES string of the molecule is Cc1noc(C)c1CNC(=O)C1CCc2nn(C)c(=O)cc2C1. The summed E-state index contributed by atoms with van der Waals surface area (Å²) in [5, 5.41) is 11.1. The molecule has 2 heterocycles. The average Bonchev–Trinajstić information content (AvgIpc) is 2.84. The molecule has 2 aromatic rings. The lowest BCUT2D eigenvalue weighted by Gasteiger charge is -2.23. The van der Waals surface area contributed by atoms with Crippen molar-refractivity contribution in [2.45, 2.75) is 39.7 Å². The summed E-state index contributed by atoms with van der Waals surface area (Å²) in [5.41, 5.74) is 3.38. The van der Waals surface area contributed by atoms with Crippen LogP contribution in [0.15, 0.2) is 15.4 Å². The number of nitrogens with one attached hydrogen (secondary N) is 1. The van der Waals surface area contributed by atoms with Gasteiger partial charge in [-0.25, -0.2) is 4.68 Å². The molecule has 1 unspecified atom stereocenters. The van der Waals surface area contributed by atoms with Crippen molar-refractivity contribution in [1.82, 2.24) is 20.3 Å². The van der Waals surface area contributed by atoms with Gasteiger partial charge in [-0.2, -0.15) is 5.10 Å². The highest BCUT2D eigenvalue weighted by Gasteiger charge is 2.26. The van der Waals surface area contributed by atoms with Crippen LogP contribution in [0.1, 0.15) is 34.7 Å². The van der Waals surface area contributed by atoms with E-state index in [0.29, 0.717) is 19.4 Å². The molecule has 1 aliphatic rings. The van der Waals surface area contributed by atoms with Crippen molar-refractivity contribution in [1.29, 1.82) is 0 Å². The van der Waals surface area contributed by atoms with E-state index in [0.717, 1.165) is 34.7 Å². The fourth-order valence-corrected chi connectivity index (χ4v) is 2.98. The smallest absolute Gasteiger partial charge is 0.266 e. The van der Waals surface area contributed by atoms with E-state index in [2.05, 4.69) is 15.6 Å². The Hall–Kier alpha value is -2.44. The zero-order chi connectivity index (χ0) is 16.6. The molecular formula is C16H20N4O3. The Morgan fingerprint density at radius 2 is 2.26 bits per heavy atom. The minimum Gasteiger partial charge on any atom is -0.361 e. The summed E-state index contributed by atoms with van der Waals surface area (Å²) in [6.07, 6.45) is 2.02. The minimum absolute atomic E-state index is 0.00340. The van der Waals surface area contributed by atoms with Gasteiger partial charge in [-0.05, 0) is 38.7 Å². The van der Waals surface area contributed by atoms with E-state index in [1.165, 1.54) is 4.68 Å². The number of rotatable bonds is 3. The van der Waals surface area contributed by atoms with Crippen LogP contribution < -0.4 is 10.9 Å². The molecule has 0 fully saturated rings. The second-order valence-corrected chi connectivity index (χ2v) is 6.04. The van der Waals surface area contributed by atoms with Crippen LogP contribution in [0.5, 0.6) is 0 Å². The zero-order valence-electron chi connectivity index (χ0n) is 13.5. The molecule has 122 valence electrons. The maximum Gasteiger partial charge on any atom is 0.266 e. The number of hydrogen-bond donors (Lipinski definition) is 1. The molecule has 7 heteroatoms. The summed E-state index contributed by atoms with van der Waals surface area (Å²) in [6, 6.07) is 1.59. The van der Waals surface area contributed by atoms with Gasteiger partial charge < -0.3 is 9.84 Å². The molecule has 1 atom stereocenters. The monoisotopic (exact) mass is 316 g/mol. The molecule has 0 spiro atoms. The van der Waals surface area contributed by atoms with E-state index in [1.807, 2.05) is 13.8 Å². The van der Waals surface area contributed by atoms with Gasteiger partial charge >= 0.3 is 0 Å². The van der Waals surface area contributed by atoms with E-state index in [9.17, 15) is 9.59 Å². The Kier molecular flexibility index (Phi) is 4.02.